The van der Waals surface area contributed by atoms with Crippen molar-refractivity contribution in [2.45, 2.75) is 37.5 Å². The number of piperidine rings is 1. The van der Waals surface area contributed by atoms with Gasteiger partial charge in [-0.25, -0.2) is 20.2 Å². The highest BCUT2D eigenvalue weighted by Crippen LogP contribution is 2.32. The predicted molar refractivity (Wildman–Crippen MR) is 120 cm³/mol. The van der Waals surface area contributed by atoms with Gasteiger partial charge in [-0.05, 0) is 36.2 Å². The Bertz CT molecular complexity index is 1100. The standard InChI is InChI=1S/C23H25FN4O3S/c1-30-17-6-7-21-19(12-17)25-23(32-21)31-16-8-10-28(11-9-16)22(29)20-13-18(26-27-20)14-2-4-15(24)5-3-14/h2-7,12,16,18,20,26-27H,8-11,13H2,1H3. The molecule has 2 fully saturated rings. The zero-order chi connectivity index (χ0) is 22.1. The van der Waals surface area contributed by atoms with E-state index in [0.717, 1.165) is 34.4 Å². The number of methoxy groups -OCH3 is 1. The minimum absolute atomic E-state index is 0.0110. The molecule has 2 aliphatic heterocycles. The summed E-state index contributed by atoms with van der Waals surface area (Å²) < 4.78 is 25.6. The van der Waals surface area contributed by atoms with Crippen LogP contribution in [0, 0.1) is 5.82 Å². The number of hydrazine groups is 1. The molecule has 0 radical (unpaired) electrons. The molecule has 0 aliphatic carbocycles. The van der Waals surface area contributed by atoms with Gasteiger partial charge in [0, 0.05) is 38.0 Å². The third-order valence-electron chi connectivity index (χ3n) is 6.07. The summed E-state index contributed by atoms with van der Waals surface area (Å²) in [5.74, 6) is 0.605. The van der Waals surface area contributed by atoms with E-state index < -0.39 is 0 Å². The van der Waals surface area contributed by atoms with Crippen molar-refractivity contribution in [3.8, 4) is 10.9 Å². The van der Waals surface area contributed by atoms with Crippen LogP contribution in [-0.2, 0) is 4.79 Å². The molecular formula is C23H25FN4O3S. The zero-order valence-corrected chi connectivity index (χ0v) is 18.5. The van der Waals surface area contributed by atoms with Gasteiger partial charge in [-0.1, -0.05) is 23.5 Å². The van der Waals surface area contributed by atoms with E-state index in [0.29, 0.717) is 24.7 Å². The highest BCUT2D eigenvalue weighted by Gasteiger charge is 2.34. The van der Waals surface area contributed by atoms with Crippen LogP contribution in [0.3, 0.4) is 0 Å². The average molecular weight is 457 g/mol. The van der Waals surface area contributed by atoms with Crippen molar-refractivity contribution in [1.29, 1.82) is 0 Å². The van der Waals surface area contributed by atoms with Gasteiger partial charge < -0.3 is 14.4 Å². The smallest absolute Gasteiger partial charge is 0.274 e. The maximum atomic E-state index is 13.2. The van der Waals surface area contributed by atoms with E-state index in [1.54, 1.807) is 19.2 Å². The molecule has 5 rings (SSSR count). The molecule has 2 unspecified atom stereocenters. The lowest BCUT2D eigenvalue weighted by Crippen LogP contribution is -2.49. The van der Waals surface area contributed by atoms with Gasteiger partial charge in [0.1, 0.15) is 23.7 Å². The van der Waals surface area contributed by atoms with Crippen LogP contribution in [-0.4, -0.2) is 48.1 Å². The van der Waals surface area contributed by atoms with Gasteiger partial charge in [0.2, 0.25) is 5.91 Å². The van der Waals surface area contributed by atoms with Crippen molar-refractivity contribution in [3.63, 3.8) is 0 Å². The van der Waals surface area contributed by atoms with E-state index in [-0.39, 0.29) is 29.9 Å². The fraction of sp³-hybridized carbons (Fsp3) is 0.391. The number of nitrogens with zero attached hydrogens (tertiary/aromatic N) is 2. The van der Waals surface area contributed by atoms with Crippen molar-refractivity contribution < 1.29 is 18.7 Å². The number of thiazole rings is 1. The fourth-order valence-electron chi connectivity index (χ4n) is 4.25. The topological polar surface area (TPSA) is 75.7 Å². The average Bonchev–Trinajstić information content (AvgIpc) is 3.46. The van der Waals surface area contributed by atoms with Gasteiger partial charge in [0.15, 0.2) is 0 Å². The molecule has 1 aromatic heterocycles. The first-order valence-corrected chi connectivity index (χ1v) is 11.6. The number of fused-ring (bicyclic) bond motifs is 1. The Morgan fingerprint density at radius 1 is 1.16 bits per heavy atom. The number of aromatic nitrogens is 1. The first kappa shape index (κ1) is 21.1. The van der Waals surface area contributed by atoms with Crippen LogP contribution in [0.25, 0.3) is 10.2 Å². The number of likely N-dealkylation sites (tertiary alicyclic amines) is 1. The fourth-order valence-corrected chi connectivity index (χ4v) is 5.11. The molecule has 1 amide bonds. The predicted octanol–water partition coefficient (Wildman–Crippen LogP) is 3.42. The second-order valence-electron chi connectivity index (χ2n) is 8.14. The number of nitrogens with one attached hydrogen (secondary N) is 2. The Hall–Kier alpha value is -2.75. The Morgan fingerprint density at radius 3 is 2.69 bits per heavy atom. The number of amides is 1. The molecule has 3 heterocycles. The lowest BCUT2D eigenvalue weighted by atomic mass is 10.0. The Kier molecular flexibility index (Phi) is 5.95. The molecule has 0 bridgehead atoms. The van der Waals surface area contributed by atoms with Crippen LogP contribution in [0.15, 0.2) is 42.5 Å². The molecule has 2 saturated heterocycles. The summed E-state index contributed by atoms with van der Waals surface area (Å²) in [6.45, 7) is 1.31. The van der Waals surface area contributed by atoms with Gasteiger partial charge in [-0.3, -0.25) is 4.79 Å². The molecule has 2 aliphatic rings. The molecular weight excluding hydrogens is 431 g/mol. The quantitative estimate of drug-likeness (QED) is 0.613. The van der Waals surface area contributed by atoms with Crippen molar-refractivity contribution in [2.24, 2.45) is 0 Å². The van der Waals surface area contributed by atoms with Gasteiger partial charge in [0.05, 0.1) is 17.3 Å². The lowest BCUT2D eigenvalue weighted by molar-refractivity contribution is -0.135. The van der Waals surface area contributed by atoms with Gasteiger partial charge in [0.25, 0.3) is 5.19 Å². The maximum absolute atomic E-state index is 13.2. The van der Waals surface area contributed by atoms with Crippen molar-refractivity contribution >= 4 is 27.5 Å². The molecule has 168 valence electrons. The minimum atomic E-state index is -0.290. The number of hydrogen-bond donors (Lipinski definition) is 2. The number of rotatable bonds is 5. The number of ether oxygens (including phenoxy) is 2. The molecule has 9 heteroatoms. The lowest BCUT2D eigenvalue weighted by Gasteiger charge is -2.33. The van der Waals surface area contributed by atoms with E-state index in [4.69, 9.17) is 9.47 Å². The largest absolute Gasteiger partial charge is 0.497 e. The highest BCUT2D eigenvalue weighted by atomic mass is 32.1. The van der Waals surface area contributed by atoms with E-state index in [1.165, 1.54) is 23.5 Å². The number of carbonyl (C=O) groups is 1. The number of benzene rings is 2. The Morgan fingerprint density at radius 2 is 1.94 bits per heavy atom. The van der Waals surface area contributed by atoms with Gasteiger partial charge in [-0.15, -0.1) is 0 Å². The maximum Gasteiger partial charge on any atom is 0.274 e. The normalized spacial score (nSPS) is 21.8. The van der Waals surface area contributed by atoms with Crippen molar-refractivity contribution in [1.82, 2.24) is 20.7 Å². The SMILES string of the molecule is COc1ccc2sc(OC3CCN(C(=O)C4CC(c5ccc(F)cc5)NN4)CC3)nc2c1. The van der Waals surface area contributed by atoms with Crippen LogP contribution in [0.5, 0.6) is 10.9 Å². The molecule has 3 aromatic rings. The number of halogens is 1. The molecule has 2 atom stereocenters. The number of carbonyl (C=O) groups excluding carboxylic acids is 1. The van der Waals surface area contributed by atoms with Crippen LogP contribution in [0.4, 0.5) is 4.39 Å². The van der Waals surface area contributed by atoms with Crippen LogP contribution in [0.1, 0.15) is 30.9 Å². The third kappa shape index (κ3) is 4.41. The minimum Gasteiger partial charge on any atom is -0.497 e. The highest BCUT2D eigenvalue weighted by molar-refractivity contribution is 7.20. The summed E-state index contributed by atoms with van der Waals surface area (Å²) in [4.78, 5) is 19.4. The van der Waals surface area contributed by atoms with Crippen LogP contribution >= 0.6 is 11.3 Å². The van der Waals surface area contributed by atoms with Crippen LogP contribution in [0.2, 0.25) is 0 Å². The van der Waals surface area contributed by atoms with E-state index in [1.807, 2.05) is 23.1 Å². The first-order valence-electron chi connectivity index (χ1n) is 10.8. The summed E-state index contributed by atoms with van der Waals surface area (Å²) in [6, 6.07) is 11.9. The summed E-state index contributed by atoms with van der Waals surface area (Å²) >= 11 is 1.53. The van der Waals surface area contributed by atoms with E-state index in [2.05, 4.69) is 15.8 Å². The molecule has 32 heavy (non-hydrogen) atoms. The van der Waals surface area contributed by atoms with Crippen molar-refractivity contribution in [3.05, 3.63) is 53.8 Å². The van der Waals surface area contributed by atoms with Gasteiger partial charge >= 0.3 is 0 Å². The molecule has 0 saturated carbocycles. The second-order valence-corrected chi connectivity index (χ2v) is 9.13. The molecule has 2 aromatic carbocycles. The Labute approximate surface area is 189 Å². The zero-order valence-electron chi connectivity index (χ0n) is 17.7. The van der Waals surface area contributed by atoms with Crippen molar-refractivity contribution in [2.75, 3.05) is 20.2 Å². The number of hydrogen-bond acceptors (Lipinski definition) is 7. The summed E-state index contributed by atoms with van der Waals surface area (Å²) in [5.41, 5.74) is 8.11. The molecule has 0 spiro atoms. The summed E-state index contributed by atoms with van der Waals surface area (Å²) in [5, 5.41) is 0.654. The summed E-state index contributed by atoms with van der Waals surface area (Å²) in [6.07, 6.45) is 2.22. The summed E-state index contributed by atoms with van der Waals surface area (Å²) in [7, 11) is 1.64. The van der Waals surface area contributed by atoms with E-state index >= 15 is 0 Å². The monoisotopic (exact) mass is 456 g/mol. The van der Waals surface area contributed by atoms with E-state index in [9.17, 15) is 9.18 Å². The Balaban J connectivity index is 1.13. The second kappa shape index (κ2) is 9.01. The molecule has 7 nitrogen and oxygen atoms in total. The van der Waals surface area contributed by atoms with Gasteiger partial charge in [-0.2, -0.15) is 0 Å². The first-order chi connectivity index (χ1) is 15.6. The van der Waals surface area contributed by atoms with Crippen LogP contribution < -0.4 is 20.3 Å². The third-order valence-corrected chi connectivity index (χ3v) is 7.00. The molecule has 2 N–H and O–H groups in total.